The first-order chi connectivity index (χ1) is 6.13. The minimum atomic E-state index is -0.179. The average molecular weight is 202 g/mol. The number of rotatable bonds is 3. The first kappa shape index (κ1) is 10.1. The number of hydrogen-bond acceptors (Lipinski definition) is 2. The molecule has 0 saturated heterocycles. The largest absolute Gasteiger partial charge is 0.323 e. The molecule has 0 saturated carbocycles. The zero-order chi connectivity index (χ0) is 9.84. The number of alkyl halides is 1. The van der Waals surface area contributed by atoms with Crippen LogP contribution >= 0.6 is 11.6 Å². The fourth-order valence-corrected chi connectivity index (χ4v) is 0.961. The van der Waals surface area contributed by atoms with Gasteiger partial charge in [0, 0.05) is 25.0 Å². The summed E-state index contributed by atoms with van der Waals surface area (Å²) in [5.41, 5.74) is 0.699. The van der Waals surface area contributed by atoms with Crippen LogP contribution in [0.25, 0.3) is 0 Å². The second-order valence-electron chi connectivity index (χ2n) is 2.95. The SMILES string of the molecule is CC(CCl)C(=O)Nc1cnn(C)c1. The maximum atomic E-state index is 11.3. The Kier molecular flexibility index (Phi) is 3.31. The Morgan fingerprint density at radius 2 is 2.54 bits per heavy atom. The van der Waals surface area contributed by atoms with Gasteiger partial charge in [0.25, 0.3) is 0 Å². The van der Waals surface area contributed by atoms with Crippen molar-refractivity contribution in [1.29, 1.82) is 0 Å². The van der Waals surface area contributed by atoms with E-state index in [1.807, 2.05) is 0 Å². The van der Waals surface area contributed by atoms with Gasteiger partial charge in [-0.2, -0.15) is 5.10 Å². The molecule has 1 heterocycles. The third kappa shape index (κ3) is 2.73. The molecule has 0 aromatic carbocycles. The summed E-state index contributed by atoms with van der Waals surface area (Å²) >= 11 is 5.54. The van der Waals surface area contributed by atoms with Crippen molar-refractivity contribution < 1.29 is 4.79 Å². The van der Waals surface area contributed by atoms with E-state index in [9.17, 15) is 4.79 Å². The molecular formula is C8H12ClN3O. The lowest BCUT2D eigenvalue weighted by Gasteiger charge is -2.06. The number of hydrogen-bond donors (Lipinski definition) is 1. The van der Waals surface area contributed by atoms with Crippen LogP contribution in [-0.4, -0.2) is 21.6 Å². The number of carbonyl (C=O) groups is 1. The van der Waals surface area contributed by atoms with Crippen molar-refractivity contribution in [3.63, 3.8) is 0 Å². The van der Waals surface area contributed by atoms with Crippen LogP contribution < -0.4 is 5.32 Å². The van der Waals surface area contributed by atoms with Crippen LogP contribution in [0.5, 0.6) is 0 Å². The summed E-state index contributed by atoms with van der Waals surface area (Å²) in [4.78, 5) is 11.3. The highest BCUT2D eigenvalue weighted by atomic mass is 35.5. The van der Waals surface area contributed by atoms with Crippen LogP contribution in [0.2, 0.25) is 0 Å². The van der Waals surface area contributed by atoms with Crippen molar-refractivity contribution >= 4 is 23.2 Å². The van der Waals surface area contributed by atoms with E-state index in [1.54, 1.807) is 31.0 Å². The molecule has 5 heteroatoms. The van der Waals surface area contributed by atoms with E-state index >= 15 is 0 Å². The van der Waals surface area contributed by atoms with Crippen LogP contribution in [0, 0.1) is 5.92 Å². The third-order valence-corrected chi connectivity index (χ3v) is 2.11. The van der Waals surface area contributed by atoms with E-state index in [2.05, 4.69) is 10.4 Å². The number of halogens is 1. The van der Waals surface area contributed by atoms with Gasteiger partial charge in [0.05, 0.1) is 11.9 Å². The molecule has 0 fully saturated rings. The fourth-order valence-electron chi connectivity index (χ4n) is 0.821. The number of nitrogens with zero attached hydrogens (tertiary/aromatic N) is 2. The van der Waals surface area contributed by atoms with Gasteiger partial charge in [0.1, 0.15) is 0 Å². The van der Waals surface area contributed by atoms with Gasteiger partial charge in [0.15, 0.2) is 0 Å². The Balaban J connectivity index is 2.54. The third-order valence-electron chi connectivity index (χ3n) is 1.65. The zero-order valence-corrected chi connectivity index (χ0v) is 8.38. The summed E-state index contributed by atoms with van der Waals surface area (Å²) in [6.45, 7) is 1.78. The fraction of sp³-hybridized carbons (Fsp3) is 0.500. The molecule has 0 aliphatic carbocycles. The lowest BCUT2D eigenvalue weighted by Crippen LogP contribution is -2.21. The molecule has 0 spiro atoms. The molecule has 1 unspecified atom stereocenters. The normalized spacial score (nSPS) is 12.5. The standard InChI is InChI=1S/C8H12ClN3O/c1-6(3-9)8(13)11-7-4-10-12(2)5-7/h4-6H,3H2,1-2H3,(H,11,13). The van der Waals surface area contributed by atoms with Gasteiger partial charge in [-0.15, -0.1) is 11.6 Å². The monoisotopic (exact) mass is 201 g/mol. The van der Waals surface area contributed by atoms with E-state index in [1.165, 1.54) is 0 Å². The summed E-state index contributed by atoms with van der Waals surface area (Å²) < 4.78 is 1.63. The highest BCUT2D eigenvalue weighted by molar-refractivity contribution is 6.19. The van der Waals surface area contributed by atoms with Gasteiger partial charge in [-0.3, -0.25) is 9.48 Å². The molecule has 0 aliphatic rings. The summed E-state index contributed by atoms with van der Waals surface area (Å²) in [7, 11) is 1.79. The number of amides is 1. The number of anilines is 1. The Morgan fingerprint density at radius 1 is 1.85 bits per heavy atom. The van der Waals surface area contributed by atoms with E-state index in [0.717, 1.165) is 0 Å². The molecular weight excluding hydrogens is 190 g/mol. The highest BCUT2D eigenvalue weighted by Crippen LogP contribution is 2.07. The molecule has 0 aliphatic heterocycles. The van der Waals surface area contributed by atoms with Crippen LogP contribution in [0.15, 0.2) is 12.4 Å². The molecule has 13 heavy (non-hydrogen) atoms. The quantitative estimate of drug-likeness (QED) is 0.748. The van der Waals surface area contributed by atoms with Gasteiger partial charge in [-0.05, 0) is 0 Å². The number of carbonyl (C=O) groups excluding carboxylic acids is 1. The van der Waals surface area contributed by atoms with Crippen LogP contribution in [0.1, 0.15) is 6.92 Å². The van der Waals surface area contributed by atoms with E-state index in [-0.39, 0.29) is 11.8 Å². The second-order valence-corrected chi connectivity index (χ2v) is 3.26. The molecule has 1 amide bonds. The maximum absolute atomic E-state index is 11.3. The molecule has 1 atom stereocenters. The van der Waals surface area contributed by atoms with Crippen molar-refractivity contribution in [2.75, 3.05) is 11.2 Å². The minimum absolute atomic E-state index is 0.0806. The van der Waals surface area contributed by atoms with Gasteiger partial charge < -0.3 is 5.32 Å². The van der Waals surface area contributed by atoms with Gasteiger partial charge in [-0.1, -0.05) is 6.92 Å². The summed E-state index contributed by atoms with van der Waals surface area (Å²) in [6, 6.07) is 0. The van der Waals surface area contributed by atoms with E-state index < -0.39 is 0 Å². The van der Waals surface area contributed by atoms with Crippen LogP contribution in [-0.2, 0) is 11.8 Å². The Labute approximate surface area is 81.9 Å². The van der Waals surface area contributed by atoms with Crippen molar-refractivity contribution in [3.8, 4) is 0 Å². The Morgan fingerprint density at radius 3 is 3.00 bits per heavy atom. The van der Waals surface area contributed by atoms with Gasteiger partial charge >= 0.3 is 0 Å². The highest BCUT2D eigenvalue weighted by Gasteiger charge is 2.11. The molecule has 1 rings (SSSR count). The van der Waals surface area contributed by atoms with Gasteiger partial charge in [0.2, 0.25) is 5.91 Å². The first-order valence-electron chi connectivity index (χ1n) is 3.99. The lowest BCUT2D eigenvalue weighted by atomic mass is 10.2. The topological polar surface area (TPSA) is 46.9 Å². The predicted molar refractivity (Wildman–Crippen MR) is 51.7 cm³/mol. The smallest absolute Gasteiger partial charge is 0.228 e. The zero-order valence-electron chi connectivity index (χ0n) is 7.62. The summed E-state index contributed by atoms with van der Waals surface area (Å²) in [5, 5.41) is 6.63. The predicted octanol–water partition coefficient (Wildman–Crippen LogP) is 1.23. The lowest BCUT2D eigenvalue weighted by molar-refractivity contribution is -0.118. The van der Waals surface area contributed by atoms with Crippen molar-refractivity contribution in [1.82, 2.24) is 9.78 Å². The first-order valence-corrected chi connectivity index (χ1v) is 4.52. The van der Waals surface area contributed by atoms with E-state index in [0.29, 0.717) is 11.6 Å². The van der Waals surface area contributed by atoms with Crippen LogP contribution in [0.4, 0.5) is 5.69 Å². The molecule has 0 radical (unpaired) electrons. The molecule has 4 nitrogen and oxygen atoms in total. The van der Waals surface area contributed by atoms with Crippen molar-refractivity contribution in [3.05, 3.63) is 12.4 Å². The molecule has 1 aromatic heterocycles. The number of aromatic nitrogens is 2. The number of aryl methyl sites for hydroxylation is 1. The van der Waals surface area contributed by atoms with E-state index in [4.69, 9.17) is 11.6 Å². The summed E-state index contributed by atoms with van der Waals surface area (Å²) in [6.07, 6.45) is 3.33. The van der Waals surface area contributed by atoms with Crippen molar-refractivity contribution in [2.24, 2.45) is 13.0 Å². The second kappa shape index (κ2) is 4.28. The maximum Gasteiger partial charge on any atom is 0.228 e. The van der Waals surface area contributed by atoms with Crippen molar-refractivity contribution in [2.45, 2.75) is 6.92 Å². The molecule has 0 bridgehead atoms. The minimum Gasteiger partial charge on any atom is -0.323 e. The molecule has 72 valence electrons. The summed E-state index contributed by atoms with van der Waals surface area (Å²) in [5.74, 6) is 0.0661. The average Bonchev–Trinajstić information content (AvgIpc) is 2.49. The van der Waals surface area contributed by atoms with Gasteiger partial charge in [-0.25, -0.2) is 0 Å². The number of nitrogens with one attached hydrogen (secondary N) is 1. The molecule has 1 aromatic rings. The Hall–Kier alpha value is -1.03. The molecule has 1 N–H and O–H groups in total. The Bertz CT molecular complexity index is 297. The van der Waals surface area contributed by atoms with Crippen LogP contribution in [0.3, 0.4) is 0 Å².